The van der Waals surface area contributed by atoms with Gasteiger partial charge in [-0.2, -0.15) is 0 Å². The topological polar surface area (TPSA) is 111 Å². The van der Waals surface area contributed by atoms with Crippen molar-refractivity contribution >= 4 is 46.9 Å². The van der Waals surface area contributed by atoms with E-state index in [4.69, 9.17) is 14.2 Å². The van der Waals surface area contributed by atoms with Gasteiger partial charge in [0, 0.05) is 29.7 Å². The summed E-state index contributed by atoms with van der Waals surface area (Å²) in [5, 5.41) is 3.95. The number of ether oxygens (including phenoxy) is 3. The number of esters is 2. The molecule has 0 bridgehead atoms. The highest BCUT2D eigenvalue weighted by atomic mass is 32.2. The summed E-state index contributed by atoms with van der Waals surface area (Å²) in [4.78, 5) is 54.7. The molecule has 0 radical (unpaired) electrons. The molecule has 11 heteroatoms. The Bertz CT molecular complexity index is 1440. The van der Waals surface area contributed by atoms with Crippen LogP contribution >= 0.6 is 23.1 Å². The third-order valence-corrected chi connectivity index (χ3v) is 9.04. The minimum atomic E-state index is -1.65. The number of nitrogens with one attached hydrogen (secondary N) is 1. The summed E-state index contributed by atoms with van der Waals surface area (Å²) in [6.07, 6.45) is -0.663. The molecule has 1 aromatic heterocycles. The zero-order valence-corrected chi connectivity index (χ0v) is 24.7. The highest BCUT2D eigenvalue weighted by molar-refractivity contribution is 8.00. The van der Waals surface area contributed by atoms with E-state index in [9.17, 15) is 19.2 Å². The Kier molecular flexibility index (Phi) is 9.10. The average Bonchev–Trinajstić information content (AvgIpc) is 3.51. The monoisotopic (exact) mass is 606 g/mol. The van der Waals surface area contributed by atoms with Crippen molar-refractivity contribution in [3.05, 3.63) is 105 Å². The van der Waals surface area contributed by atoms with Gasteiger partial charge < -0.3 is 19.5 Å². The zero-order chi connectivity index (χ0) is 29.7. The number of hydrogen-bond donors (Lipinski definition) is 1. The molecule has 42 heavy (non-hydrogen) atoms. The summed E-state index contributed by atoms with van der Waals surface area (Å²) >= 11 is 2.76. The molecule has 0 unspecified atom stereocenters. The van der Waals surface area contributed by atoms with Gasteiger partial charge in [-0.05, 0) is 29.5 Å². The van der Waals surface area contributed by atoms with Gasteiger partial charge in [-0.25, -0.2) is 4.79 Å². The van der Waals surface area contributed by atoms with Gasteiger partial charge in [-0.1, -0.05) is 66.7 Å². The molecule has 2 atom stereocenters. The Balaban J connectivity index is 1.46. The highest BCUT2D eigenvalue weighted by Gasteiger charge is 2.67. The van der Waals surface area contributed by atoms with Crippen LogP contribution in [0.1, 0.15) is 36.0 Å². The second-order valence-corrected chi connectivity index (χ2v) is 11.8. The third kappa shape index (κ3) is 5.99. The van der Waals surface area contributed by atoms with Gasteiger partial charge >= 0.3 is 11.9 Å². The van der Waals surface area contributed by atoms with Crippen molar-refractivity contribution in [2.45, 2.75) is 37.5 Å². The first kappa shape index (κ1) is 29.6. The lowest BCUT2D eigenvalue weighted by Gasteiger charge is -2.56. The van der Waals surface area contributed by atoms with Crippen LogP contribution in [0.4, 0.5) is 0 Å². The lowest BCUT2D eigenvalue weighted by Crippen LogP contribution is -2.81. The molecular formula is C31H30N2O7S2. The van der Waals surface area contributed by atoms with Crippen molar-refractivity contribution in [2.75, 3.05) is 19.0 Å². The van der Waals surface area contributed by atoms with E-state index in [0.717, 1.165) is 16.0 Å². The summed E-state index contributed by atoms with van der Waals surface area (Å²) < 4.78 is 17.3. The largest absolute Gasteiger partial charge is 0.461 e. The smallest absolute Gasteiger partial charge is 0.356 e. The molecule has 2 amide bonds. The van der Waals surface area contributed by atoms with Crippen LogP contribution in [0.5, 0.6) is 0 Å². The van der Waals surface area contributed by atoms with Gasteiger partial charge in [-0.15, -0.1) is 23.1 Å². The summed E-state index contributed by atoms with van der Waals surface area (Å²) in [5.74, 6) is -1.98. The average molecular weight is 607 g/mol. The van der Waals surface area contributed by atoms with Gasteiger partial charge in [0.05, 0.1) is 6.42 Å². The predicted octanol–water partition coefficient (Wildman–Crippen LogP) is 4.20. The van der Waals surface area contributed by atoms with E-state index in [0.29, 0.717) is 5.57 Å². The molecular weight excluding hydrogens is 576 g/mol. The number of thioether (sulfide) groups is 1. The predicted molar refractivity (Wildman–Crippen MR) is 158 cm³/mol. The number of thiophene rings is 1. The van der Waals surface area contributed by atoms with Gasteiger partial charge in [0.2, 0.25) is 5.91 Å². The molecule has 1 fully saturated rings. The molecule has 3 aromatic rings. The summed E-state index contributed by atoms with van der Waals surface area (Å²) in [6.45, 7) is 2.98. The fourth-order valence-corrected chi connectivity index (χ4v) is 7.05. The number of amides is 2. The fourth-order valence-electron chi connectivity index (χ4n) is 4.96. The number of nitrogens with zero attached hydrogens (tertiary/aromatic N) is 1. The summed E-state index contributed by atoms with van der Waals surface area (Å²) in [6, 6.07) is 22.3. The third-order valence-electron chi connectivity index (χ3n) is 6.79. The first-order valence-corrected chi connectivity index (χ1v) is 15.4. The first-order chi connectivity index (χ1) is 20.3. The molecule has 0 saturated carbocycles. The maximum atomic E-state index is 14.0. The maximum Gasteiger partial charge on any atom is 0.356 e. The van der Waals surface area contributed by atoms with Crippen LogP contribution in [0, 0.1) is 0 Å². The van der Waals surface area contributed by atoms with Crippen molar-refractivity contribution in [1.29, 1.82) is 0 Å². The van der Waals surface area contributed by atoms with Crippen LogP contribution in [0.2, 0.25) is 0 Å². The molecule has 2 aliphatic heterocycles. The zero-order valence-electron chi connectivity index (χ0n) is 23.1. The Labute approximate surface area is 251 Å². The molecule has 218 valence electrons. The molecule has 1 saturated heterocycles. The maximum absolute atomic E-state index is 14.0. The molecule has 0 aliphatic carbocycles. The molecule has 2 aromatic carbocycles. The minimum Gasteiger partial charge on any atom is -0.461 e. The highest BCUT2D eigenvalue weighted by Crippen LogP contribution is 2.47. The van der Waals surface area contributed by atoms with Crippen LogP contribution in [0.3, 0.4) is 0 Å². The second kappa shape index (κ2) is 12.9. The number of rotatable bonds is 11. The van der Waals surface area contributed by atoms with Crippen molar-refractivity contribution in [3.63, 3.8) is 0 Å². The van der Waals surface area contributed by atoms with Gasteiger partial charge in [0.1, 0.15) is 17.7 Å². The lowest BCUT2D eigenvalue weighted by molar-refractivity contribution is -0.198. The van der Waals surface area contributed by atoms with E-state index >= 15 is 0 Å². The van der Waals surface area contributed by atoms with E-state index in [1.54, 1.807) is 6.92 Å². The Hall–Kier alpha value is -3.93. The van der Waals surface area contributed by atoms with Crippen LogP contribution in [-0.4, -0.2) is 58.7 Å². The summed E-state index contributed by atoms with van der Waals surface area (Å²) in [5.41, 5.74) is 0.273. The van der Waals surface area contributed by atoms with Crippen molar-refractivity contribution in [2.24, 2.45) is 0 Å². The van der Waals surface area contributed by atoms with Crippen molar-refractivity contribution < 1.29 is 33.4 Å². The number of β-lactam (4-membered cyclic amide) rings is 1. The molecule has 2 aliphatic rings. The van der Waals surface area contributed by atoms with Crippen LogP contribution in [-0.2, 0) is 39.8 Å². The van der Waals surface area contributed by atoms with Crippen LogP contribution in [0.25, 0.3) is 0 Å². The fraction of sp³-hybridized carbons (Fsp3) is 0.290. The minimum absolute atomic E-state index is 0.00954. The van der Waals surface area contributed by atoms with Crippen molar-refractivity contribution in [3.8, 4) is 0 Å². The Morgan fingerprint density at radius 1 is 1.02 bits per heavy atom. The SMILES string of the molecule is CCO[C@@]1(NC(=O)Cc2cccs2)C(=O)N2C(C(=O)OC(c3ccccc3)c3ccccc3)=C(COC(C)=O)CS[C@@H]21. The number of carbonyl (C=O) groups excluding carboxylic acids is 4. The van der Waals surface area contributed by atoms with Crippen LogP contribution in [0.15, 0.2) is 89.4 Å². The van der Waals surface area contributed by atoms with E-state index in [1.807, 2.05) is 78.2 Å². The van der Waals surface area contributed by atoms with E-state index in [1.165, 1.54) is 34.9 Å². The first-order valence-electron chi connectivity index (χ1n) is 13.4. The molecule has 5 rings (SSSR count). The van der Waals surface area contributed by atoms with Crippen LogP contribution < -0.4 is 5.32 Å². The number of carbonyl (C=O) groups is 4. The second-order valence-electron chi connectivity index (χ2n) is 9.65. The van der Waals surface area contributed by atoms with Gasteiger partial charge in [-0.3, -0.25) is 19.3 Å². The van der Waals surface area contributed by atoms with E-state index in [-0.39, 0.29) is 37.0 Å². The van der Waals surface area contributed by atoms with Gasteiger partial charge in [0.25, 0.3) is 11.6 Å². The number of fused-ring (bicyclic) bond motifs is 1. The molecule has 9 nitrogen and oxygen atoms in total. The summed E-state index contributed by atoms with van der Waals surface area (Å²) in [7, 11) is 0. The van der Waals surface area contributed by atoms with Gasteiger partial charge in [0.15, 0.2) is 6.10 Å². The Morgan fingerprint density at radius 3 is 2.26 bits per heavy atom. The standard InChI is InChI=1S/C31H30N2O7S2/c1-3-39-31(32-25(35)17-24-15-10-16-41-24)29(37)33-26(23(18-38-20(2)34)19-42-30(31)33)28(36)40-27(21-11-6-4-7-12-21)22-13-8-5-9-14-22/h4-16,27,30H,3,17-19H2,1-2H3,(H,32,35)/t30-,31+/m1/s1. The molecule has 1 N–H and O–H groups in total. The van der Waals surface area contributed by atoms with Crippen molar-refractivity contribution in [1.82, 2.24) is 10.2 Å². The molecule has 3 heterocycles. The number of hydrogen-bond acceptors (Lipinski definition) is 9. The van der Waals surface area contributed by atoms with E-state index < -0.39 is 35.0 Å². The quantitative estimate of drug-likeness (QED) is 0.196. The lowest BCUT2D eigenvalue weighted by atomic mass is 9.97. The Morgan fingerprint density at radius 2 is 1.69 bits per heavy atom. The number of benzene rings is 2. The van der Waals surface area contributed by atoms with E-state index in [2.05, 4.69) is 5.32 Å². The normalized spacial score (nSPS) is 19.6. The molecule has 0 spiro atoms.